The number of aryl methyl sites for hydroxylation is 1. The van der Waals surface area contributed by atoms with Crippen LogP contribution in [-0.4, -0.2) is 12.1 Å². The molecule has 0 aliphatic carbocycles. The highest BCUT2D eigenvalue weighted by Crippen LogP contribution is 2.36. The van der Waals surface area contributed by atoms with E-state index in [0.29, 0.717) is 11.0 Å². The molecular formula is C16H25N. The molecule has 1 nitrogen and oxygen atoms in total. The molecule has 1 aliphatic rings. The van der Waals surface area contributed by atoms with Gasteiger partial charge in [-0.15, -0.1) is 0 Å². The van der Waals surface area contributed by atoms with Gasteiger partial charge in [0.2, 0.25) is 0 Å². The van der Waals surface area contributed by atoms with Crippen LogP contribution in [0.5, 0.6) is 0 Å². The van der Waals surface area contributed by atoms with Gasteiger partial charge in [0.25, 0.3) is 0 Å². The second-order valence-electron chi connectivity index (χ2n) is 6.80. The molecule has 0 saturated carbocycles. The molecule has 1 aromatic rings. The molecule has 1 unspecified atom stereocenters. The highest BCUT2D eigenvalue weighted by Gasteiger charge is 2.39. The summed E-state index contributed by atoms with van der Waals surface area (Å²) in [5, 5.41) is 3.69. The first-order valence-corrected chi connectivity index (χ1v) is 6.70. The van der Waals surface area contributed by atoms with Crippen LogP contribution in [0.1, 0.15) is 44.7 Å². The maximum Gasteiger partial charge on any atom is 0.0238 e. The van der Waals surface area contributed by atoms with E-state index in [9.17, 15) is 0 Å². The van der Waals surface area contributed by atoms with Gasteiger partial charge in [-0.05, 0) is 49.3 Å². The second kappa shape index (κ2) is 4.45. The van der Waals surface area contributed by atoms with Crippen molar-refractivity contribution in [3.05, 3.63) is 35.4 Å². The van der Waals surface area contributed by atoms with Crippen LogP contribution in [0, 0.1) is 12.3 Å². The van der Waals surface area contributed by atoms with Crippen LogP contribution in [0.3, 0.4) is 0 Å². The summed E-state index contributed by atoms with van der Waals surface area (Å²) in [4.78, 5) is 0. The third kappa shape index (κ3) is 3.10. The van der Waals surface area contributed by atoms with Gasteiger partial charge in [0.1, 0.15) is 0 Å². The molecule has 1 atom stereocenters. The minimum absolute atomic E-state index is 0.352. The molecule has 0 spiro atoms. The Bertz CT molecular complexity index is 383. The lowest BCUT2D eigenvalue weighted by atomic mass is 9.71. The molecule has 1 saturated heterocycles. The fourth-order valence-corrected chi connectivity index (χ4v) is 3.03. The highest BCUT2D eigenvalue weighted by atomic mass is 15.0. The molecule has 0 aromatic heterocycles. The Balaban J connectivity index is 2.13. The number of rotatable bonds is 3. The van der Waals surface area contributed by atoms with E-state index in [0.717, 1.165) is 0 Å². The number of benzene rings is 1. The maximum absolute atomic E-state index is 3.69. The Morgan fingerprint density at radius 1 is 1.24 bits per heavy atom. The maximum atomic E-state index is 3.69. The van der Waals surface area contributed by atoms with Crippen LogP contribution in [0.4, 0.5) is 0 Å². The van der Waals surface area contributed by atoms with E-state index in [1.54, 1.807) is 0 Å². The quantitative estimate of drug-likeness (QED) is 0.836. The summed E-state index contributed by atoms with van der Waals surface area (Å²) < 4.78 is 0. The van der Waals surface area contributed by atoms with Gasteiger partial charge < -0.3 is 5.32 Å². The molecule has 94 valence electrons. The zero-order valence-electron chi connectivity index (χ0n) is 11.6. The monoisotopic (exact) mass is 231 g/mol. The third-order valence-electron chi connectivity index (χ3n) is 3.76. The zero-order chi connectivity index (χ0) is 12.5. The summed E-state index contributed by atoms with van der Waals surface area (Å²) in [7, 11) is 0. The minimum atomic E-state index is 0.352. The summed E-state index contributed by atoms with van der Waals surface area (Å²) >= 11 is 0. The first-order valence-electron chi connectivity index (χ1n) is 6.70. The van der Waals surface area contributed by atoms with E-state index in [-0.39, 0.29) is 0 Å². The van der Waals surface area contributed by atoms with E-state index in [1.165, 1.54) is 36.9 Å². The molecular weight excluding hydrogens is 206 g/mol. The highest BCUT2D eigenvalue weighted by molar-refractivity contribution is 5.28. The van der Waals surface area contributed by atoms with Crippen LogP contribution >= 0.6 is 0 Å². The molecule has 1 aliphatic heterocycles. The first-order chi connectivity index (χ1) is 7.90. The first kappa shape index (κ1) is 12.6. The van der Waals surface area contributed by atoms with Crippen LogP contribution < -0.4 is 5.32 Å². The Labute approximate surface area is 106 Å². The fourth-order valence-electron chi connectivity index (χ4n) is 3.03. The summed E-state index contributed by atoms with van der Waals surface area (Å²) in [6, 6.07) is 8.79. The van der Waals surface area contributed by atoms with Gasteiger partial charge in [-0.25, -0.2) is 0 Å². The largest absolute Gasteiger partial charge is 0.311 e. The average molecular weight is 231 g/mol. The van der Waals surface area contributed by atoms with Gasteiger partial charge in [0.05, 0.1) is 0 Å². The van der Waals surface area contributed by atoms with Crippen molar-refractivity contribution in [3.8, 4) is 0 Å². The van der Waals surface area contributed by atoms with Gasteiger partial charge in [0, 0.05) is 5.54 Å². The zero-order valence-corrected chi connectivity index (χ0v) is 11.6. The van der Waals surface area contributed by atoms with Crippen molar-refractivity contribution in [2.45, 2.75) is 52.5 Å². The van der Waals surface area contributed by atoms with Crippen LogP contribution in [0.2, 0.25) is 0 Å². The number of hydrogen-bond donors (Lipinski definition) is 1. The lowest BCUT2D eigenvalue weighted by Crippen LogP contribution is -2.60. The van der Waals surface area contributed by atoms with Gasteiger partial charge in [-0.3, -0.25) is 0 Å². The Kier molecular flexibility index (Phi) is 3.31. The standard InChI is InChI=1S/C16H25N/c1-13-7-5-6-8-14(13)11-16(9-10-17-16)12-15(2,3)4/h5-8,17H,9-12H2,1-4H3. The minimum Gasteiger partial charge on any atom is -0.311 e. The summed E-state index contributed by atoms with van der Waals surface area (Å²) in [6.07, 6.45) is 3.75. The van der Waals surface area contributed by atoms with E-state index in [1.807, 2.05) is 0 Å². The molecule has 0 radical (unpaired) electrons. The van der Waals surface area contributed by atoms with E-state index >= 15 is 0 Å². The van der Waals surface area contributed by atoms with Gasteiger partial charge in [-0.1, -0.05) is 45.0 Å². The summed E-state index contributed by atoms with van der Waals surface area (Å²) in [6.45, 7) is 10.4. The molecule has 0 bridgehead atoms. The smallest absolute Gasteiger partial charge is 0.0238 e. The predicted octanol–water partition coefficient (Wildman–Crippen LogP) is 3.71. The van der Waals surface area contributed by atoms with Crippen molar-refractivity contribution in [2.24, 2.45) is 5.41 Å². The topological polar surface area (TPSA) is 12.0 Å². The Morgan fingerprint density at radius 2 is 1.88 bits per heavy atom. The van der Waals surface area contributed by atoms with Crippen molar-refractivity contribution < 1.29 is 0 Å². The molecule has 0 amide bonds. The SMILES string of the molecule is Cc1ccccc1CC1(CC(C)(C)C)CCN1. The summed E-state index contributed by atoms with van der Waals surface area (Å²) in [5.41, 5.74) is 3.68. The molecule has 1 aromatic carbocycles. The van der Waals surface area contributed by atoms with Crippen LogP contribution in [-0.2, 0) is 6.42 Å². The summed E-state index contributed by atoms with van der Waals surface area (Å²) in [5.74, 6) is 0. The molecule has 17 heavy (non-hydrogen) atoms. The van der Waals surface area contributed by atoms with Crippen molar-refractivity contribution in [1.82, 2.24) is 5.32 Å². The third-order valence-corrected chi connectivity index (χ3v) is 3.76. The van der Waals surface area contributed by atoms with Gasteiger partial charge in [-0.2, -0.15) is 0 Å². The van der Waals surface area contributed by atoms with Crippen molar-refractivity contribution in [3.63, 3.8) is 0 Å². The normalized spacial score (nSPS) is 24.5. The molecule has 1 fully saturated rings. The van der Waals surface area contributed by atoms with Gasteiger partial charge >= 0.3 is 0 Å². The Morgan fingerprint density at radius 3 is 2.35 bits per heavy atom. The van der Waals surface area contributed by atoms with Crippen molar-refractivity contribution in [2.75, 3.05) is 6.54 Å². The second-order valence-corrected chi connectivity index (χ2v) is 6.80. The molecule has 1 N–H and O–H groups in total. The molecule has 1 heteroatoms. The lowest BCUT2D eigenvalue weighted by molar-refractivity contribution is 0.132. The van der Waals surface area contributed by atoms with Gasteiger partial charge in [0.15, 0.2) is 0 Å². The Hall–Kier alpha value is -0.820. The van der Waals surface area contributed by atoms with Crippen LogP contribution in [0.15, 0.2) is 24.3 Å². The lowest BCUT2D eigenvalue weighted by Gasteiger charge is -2.47. The molecule has 1 heterocycles. The van der Waals surface area contributed by atoms with E-state index in [2.05, 4.69) is 57.3 Å². The predicted molar refractivity (Wildman–Crippen MR) is 74.3 cm³/mol. The van der Waals surface area contributed by atoms with Crippen LogP contribution in [0.25, 0.3) is 0 Å². The van der Waals surface area contributed by atoms with Crippen molar-refractivity contribution >= 4 is 0 Å². The average Bonchev–Trinajstić information content (AvgIpc) is 2.16. The van der Waals surface area contributed by atoms with E-state index < -0.39 is 0 Å². The number of nitrogens with one attached hydrogen (secondary N) is 1. The van der Waals surface area contributed by atoms with E-state index in [4.69, 9.17) is 0 Å². The fraction of sp³-hybridized carbons (Fsp3) is 0.625. The number of hydrogen-bond acceptors (Lipinski definition) is 1. The van der Waals surface area contributed by atoms with Crippen molar-refractivity contribution in [1.29, 1.82) is 0 Å². The molecule has 2 rings (SSSR count).